The topological polar surface area (TPSA) is 78.5 Å². The van der Waals surface area contributed by atoms with Gasteiger partial charge in [0.25, 0.3) is 5.91 Å². The molecule has 1 atom stereocenters. The molecule has 0 radical (unpaired) electrons. The number of imide groups is 1. The van der Waals surface area contributed by atoms with Gasteiger partial charge in [-0.15, -0.1) is 11.3 Å². The largest absolute Gasteiger partial charge is 0.347 e. The number of urea groups is 1. The van der Waals surface area contributed by atoms with Crippen molar-refractivity contribution in [2.75, 3.05) is 6.54 Å². The van der Waals surface area contributed by atoms with Gasteiger partial charge >= 0.3 is 6.03 Å². The first-order valence-corrected chi connectivity index (χ1v) is 9.28. The van der Waals surface area contributed by atoms with Gasteiger partial charge in [-0.3, -0.25) is 14.5 Å². The highest BCUT2D eigenvalue weighted by atomic mass is 32.1. The van der Waals surface area contributed by atoms with Gasteiger partial charge in [-0.25, -0.2) is 4.79 Å². The number of amides is 4. The smallest absolute Gasteiger partial charge is 0.325 e. The van der Waals surface area contributed by atoms with Crippen molar-refractivity contribution in [1.82, 2.24) is 15.5 Å². The predicted molar refractivity (Wildman–Crippen MR) is 91.5 cm³/mol. The first-order valence-electron chi connectivity index (χ1n) is 8.40. The van der Waals surface area contributed by atoms with Gasteiger partial charge in [0, 0.05) is 4.88 Å². The van der Waals surface area contributed by atoms with E-state index >= 15 is 0 Å². The Hall–Kier alpha value is -1.89. The summed E-state index contributed by atoms with van der Waals surface area (Å²) in [6.45, 7) is 3.85. The minimum Gasteiger partial charge on any atom is -0.347 e. The van der Waals surface area contributed by atoms with Gasteiger partial charge in [0.1, 0.15) is 12.1 Å². The number of carbonyl (C=O) groups is 3. The monoisotopic (exact) mass is 349 g/mol. The molecule has 1 spiro atoms. The highest BCUT2D eigenvalue weighted by Gasteiger charge is 2.52. The molecule has 1 aliphatic heterocycles. The SMILES string of the molecule is CC(C)[C@@H](NC(=O)CN1C(=O)NC2(CCCC2)C1=O)c1cccs1. The lowest BCUT2D eigenvalue weighted by Gasteiger charge is -2.23. The van der Waals surface area contributed by atoms with Crippen molar-refractivity contribution >= 4 is 29.2 Å². The summed E-state index contributed by atoms with van der Waals surface area (Å²) in [6.07, 6.45) is 3.19. The number of hydrogen-bond donors (Lipinski definition) is 2. The van der Waals surface area contributed by atoms with Crippen LogP contribution in [0.2, 0.25) is 0 Å². The van der Waals surface area contributed by atoms with Crippen LogP contribution < -0.4 is 10.6 Å². The van der Waals surface area contributed by atoms with Crippen LogP contribution in [-0.2, 0) is 9.59 Å². The normalized spacial score (nSPS) is 20.7. The van der Waals surface area contributed by atoms with Gasteiger partial charge in [-0.1, -0.05) is 32.8 Å². The molecule has 6 nitrogen and oxygen atoms in total. The summed E-state index contributed by atoms with van der Waals surface area (Å²) in [5.74, 6) is -0.338. The summed E-state index contributed by atoms with van der Waals surface area (Å²) in [4.78, 5) is 39.3. The third kappa shape index (κ3) is 3.05. The van der Waals surface area contributed by atoms with E-state index in [1.165, 1.54) is 0 Å². The van der Waals surface area contributed by atoms with Crippen LogP contribution in [0.25, 0.3) is 0 Å². The molecule has 1 aromatic heterocycles. The molecule has 3 rings (SSSR count). The van der Waals surface area contributed by atoms with E-state index < -0.39 is 11.6 Å². The number of thiophene rings is 1. The number of nitrogens with zero attached hydrogens (tertiary/aromatic N) is 1. The molecular formula is C17H23N3O3S. The lowest BCUT2D eigenvalue weighted by Crippen LogP contribution is -2.46. The van der Waals surface area contributed by atoms with E-state index in [4.69, 9.17) is 0 Å². The van der Waals surface area contributed by atoms with Crippen molar-refractivity contribution in [3.8, 4) is 0 Å². The third-order valence-corrected chi connectivity index (χ3v) is 5.79. The zero-order valence-corrected chi connectivity index (χ0v) is 14.8. The Kier molecular flexibility index (Phi) is 4.62. The van der Waals surface area contributed by atoms with Crippen LogP contribution in [0.1, 0.15) is 50.4 Å². The maximum Gasteiger partial charge on any atom is 0.325 e. The molecule has 130 valence electrons. The maximum absolute atomic E-state index is 12.6. The standard InChI is InChI=1S/C17H23N3O3S/c1-11(2)14(12-6-5-9-24-12)18-13(21)10-20-15(22)17(19-16(20)23)7-3-4-8-17/h5-6,9,11,14H,3-4,7-8,10H2,1-2H3,(H,18,21)(H,19,23)/t14-/m1/s1. The fourth-order valence-corrected chi connectivity index (χ4v) is 4.48. The number of hydrogen-bond acceptors (Lipinski definition) is 4. The van der Waals surface area contributed by atoms with Crippen molar-refractivity contribution in [3.05, 3.63) is 22.4 Å². The quantitative estimate of drug-likeness (QED) is 0.802. The minimum atomic E-state index is -0.761. The lowest BCUT2D eigenvalue weighted by molar-refractivity contribution is -0.135. The van der Waals surface area contributed by atoms with Crippen molar-refractivity contribution < 1.29 is 14.4 Å². The fourth-order valence-electron chi connectivity index (χ4n) is 3.53. The van der Waals surface area contributed by atoms with Gasteiger partial charge in [-0.2, -0.15) is 0 Å². The molecule has 1 saturated heterocycles. The van der Waals surface area contributed by atoms with E-state index in [0.717, 1.165) is 22.6 Å². The third-order valence-electron chi connectivity index (χ3n) is 4.84. The Balaban J connectivity index is 1.66. The summed E-state index contributed by atoms with van der Waals surface area (Å²) in [5.41, 5.74) is -0.761. The number of nitrogens with one attached hydrogen (secondary N) is 2. The minimum absolute atomic E-state index is 0.112. The van der Waals surface area contributed by atoms with E-state index in [1.54, 1.807) is 11.3 Å². The first kappa shape index (κ1) is 17.0. The van der Waals surface area contributed by atoms with E-state index in [9.17, 15) is 14.4 Å². The van der Waals surface area contributed by atoms with Crippen LogP contribution >= 0.6 is 11.3 Å². The second kappa shape index (κ2) is 6.55. The van der Waals surface area contributed by atoms with Crippen LogP contribution in [0.3, 0.4) is 0 Å². The van der Waals surface area contributed by atoms with Crippen LogP contribution in [-0.4, -0.2) is 34.8 Å². The van der Waals surface area contributed by atoms with Gasteiger partial charge in [0.15, 0.2) is 0 Å². The molecule has 24 heavy (non-hydrogen) atoms. The molecule has 1 aliphatic carbocycles. The Morgan fingerprint density at radius 1 is 1.38 bits per heavy atom. The van der Waals surface area contributed by atoms with Gasteiger partial charge < -0.3 is 10.6 Å². The fraction of sp³-hybridized carbons (Fsp3) is 0.588. The average Bonchev–Trinajstić information content (AvgIpc) is 3.24. The second-order valence-electron chi connectivity index (χ2n) is 6.92. The number of carbonyl (C=O) groups excluding carboxylic acids is 3. The second-order valence-corrected chi connectivity index (χ2v) is 7.89. The summed E-state index contributed by atoms with van der Waals surface area (Å²) < 4.78 is 0. The summed E-state index contributed by atoms with van der Waals surface area (Å²) in [5, 5.41) is 7.73. The molecule has 0 aromatic carbocycles. The highest BCUT2D eigenvalue weighted by molar-refractivity contribution is 7.10. The van der Waals surface area contributed by atoms with E-state index in [2.05, 4.69) is 10.6 Å². The lowest BCUT2D eigenvalue weighted by atomic mass is 9.98. The van der Waals surface area contributed by atoms with Gasteiger partial charge in [0.2, 0.25) is 5.91 Å². The summed E-state index contributed by atoms with van der Waals surface area (Å²) >= 11 is 1.59. The molecular weight excluding hydrogens is 326 g/mol. The van der Waals surface area contributed by atoms with E-state index in [1.807, 2.05) is 31.4 Å². The van der Waals surface area contributed by atoms with E-state index in [-0.39, 0.29) is 30.3 Å². The molecule has 2 N–H and O–H groups in total. The molecule has 2 aliphatic rings. The Morgan fingerprint density at radius 2 is 2.08 bits per heavy atom. The van der Waals surface area contributed by atoms with Crippen LogP contribution in [0.4, 0.5) is 4.79 Å². The van der Waals surface area contributed by atoms with Crippen molar-refractivity contribution in [2.45, 2.75) is 51.1 Å². The molecule has 4 amide bonds. The summed E-state index contributed by atoms with van der Waals surface area (Å²) in [6, 6.07) is 3.37. The Bertz CT molecular complexity index is 636. The number of rotatable bonds is 5. The van der Waals surface area contributed by atoms with E-state index in [0.29, 0.717) is 12.8 Å². The molecule has 1 saturated carbocycles. The van der Waals surface area contributed by atoms with Crippen LogP contribution in [0.15, 0.2) is 17.5 Å². The Labute approximate surface area is 145 Å². The first-order chi connectivity index (χ1) is 11.4. The van der Waals surface area contributed by atoms with Crippen molar-refractivity contribution in [2.24, 2.45) is 5.92 Å². The average molecular weight is 349 g/mol. The molecule has 2 fully saturated rings. The zero-order valence-electron chi connectivity index (χ0n) is 14.0. The van der Waals surface area contributed by atoms with Crippen molar-refractivity contribution in [3.63, 3.8) is 0 Å². The molecule has 1 aromatic rings. The molecule has 7 heteroatoms. The maximum atomic E-state index is 12.6. The van der Waals surface area contributed by atoms with Gasteiger partial charge in [0.05, 0.1) is 6.04 Å². The van der Waals surface area contributed by atoms with Crippen molar-refractivity contribution in [1.29, 1.82) is 0 Å². The summed E-state index contributed by atoms with van der Waals surface area (Å²) in [7, 11) is 0. The van der Waals surface area contributed by atoms with Crippen LogP contribution in [0.5, 0.6) is 0 Å². The highest BCUT2D eigenvalue weighted by Crippen LogP contribution is 2.35. The predicted octanol–water partition coefficient (Wildman–Crippen LogP) is 2.43. The molecule has 0 unspecified atom stereocenters. The van der Waals surface area contributed by atoms with Crippen LogP contribution in [0, 0.1) is 5.92 Å². The Morgan fingerprint density at radius 3 is 2.67 bits per heavy atom. The van der Waals surface area contributed by atoms with Gasteiger partial charge in [-0.05, 0) is 30.2 Å². The molecule has 0 bridgehead atoms. The molecule has 2 heterocycles. The zero-order chi connectivity index (χ0) is 17.3.